The van der Waals surface area contributed by atoms with Crippen LogP contribution in [0.2, 0.25) is 0 Å². The quantitative estimate of drug-likeness (QED) is 0.830. The average molecular weight is 347 g/mol. The molecule has 25 heavy (non-hydrogen) atoms. The van der Waals surface area contributed by atoms with Gasteiger partial charge in [0.15, 0.2) is 5.76 Å². The molecule has 8 heteroatoms. The van der Waals surface area contributed by atoms with Gasteiger partial charge in [-0.25, -0.2) is 4.39 Å². The van der Waals surface area contributed by atoms with Gasteiger partial charge in [0.25, 0.3) is 11.8 Å². The van der Waals surface area contributed by atoms with Crippen LogP contribution in [-0.4, -0.2) is 59.1 Å². The molecule has 0 bridgehead atoms. The lowest BCUT2D eigenvalue weighted by molar-refractivity contribution is 0.00922. The summed E-state index contributed by atoms with van der Waals surface area (Å²) >= 11 is 0. The van der Waals surface area contributed by atoms with Crippen LogP contribution in [0.25, 0.3) is 0 Å². The molecule has 4 heterocycles. The molecule has 0 saturated carbocycles. The standard InChI is InChI=1S/C17H18FN3O4/c18-14-4-7-20(16(23)13-3-6-19-25-13)10-17(14)5-8-21(11-17)15(22)12-2-1-9-24-12/h1-3,6,9,14H,4-5,7-8,10-11H2/t14-,17+/m1/s1. The number of hydrogen-bond acceptors (Lipinski definition) is 5. The molecule has 2 aliphatic heterocycles. The van der Waals surface area contributed by atoms with E-state index >= 15 is 0 Å². The predicted octanol–water partition coefficient (Wildman–Crippen LogP) is 1.98. The highest BCUT2D eigenvalue weighted by molar-refractivity contribution is 5.92. The second-order valence-electron chi connectivity index (χ2n) is 6.68. The van der Waals surface area contributed by atoms with Gasteiger partial charge in [0.05, 0.1) is 12.5 Å². The fourth-order valence-corrected chi connectivity index (χ4v) is 3.80. The summed E-state index contributed by atoms with van der Waals surface area (Å²) in [5.41, 5.74) is -0.740. The van der Waals surface area contributed by atoms with E-state index in [1.807, 2.05) is 0 Å². The van der Waals surface area contributed by atoms with E-state index in [1.54, 1.807) is 21.9 Å². The van der Waals surface area contributed by atoms with E-state index in [4.69, 9.17) is 8.94 Å². The number of carbonyl (C=O) groups is 2. The molecule has 0 radical (unpaired) electrons. The summed E-state index contributed by atoms with van der Waals surface area (Å²) in [7, 11) is 0. The largest absolute Gasteiger partial charge is 0.459 e. The van der Waals surface area contributed by atoms with Crippen LogP contribution in [0.5, 0.6) is 0 Å². The van der Waals surface area contributed by atoms with Crippen molar-refractivity contribution in [3.05, 3.63) is 42.2 Å². The number of amides is 2. The van der Waals surface area contributed by atoms with Gasteiger partial charge in [-0.2, -0.15) is 0 Å². The SMILES string of the molecule is O=C(c1ccco1)N1CC[C@@]2(C1)CN(C(=O)c1ccno1)CC[C@H]2F. The summed E-state index contributed by atoms with van der Waals surface area (Å²) in [4.78, 5) is 28.1. The molecule has 0 unspecified atom stereocenters. The predicted molar refractivity (Wildman–Crippen MR) is 83.6 cm³/mol. The fourth-order valence-electron chi connectivity index (χ4n) is 3.80. The first kappa shape index (κ1) is 15.9. The van der Waals surface area contributed by atoms with Crippen LogP contribution in [0.15, 0.2) is 39.6 Å². The van der Waals surface area contributed by atoms with Gasteiger partial charge < -0.3 is 18.7 Å². The van der Waals surface area contributed by atoms with Crippen molar-refractivity contribution < 1.29 is 22.9 Å². The molecule has 2 aliphatic rings. The lowest BCUT2D eigenvalue weighted by Gasteiger charge is -2.42. The highest BCUT2D eigenvalue weighted by Gasteiger charge is 2.50. The number of aromatic nitrogens is 1. The summed E-state index contributed by atoms with van der Waals surface area (Å²) in [5, 5.41) is 3.55. The van der Waals surface area contributed by atoms with Gasteiger partial charge in [-0.15, -0.1) is 0 Å². The first-order chi connectivity index (χ1) is 12.1. The monoisotopic (exact) mass is 347 g/mol. The number of alkyl halides is 1. The Labute approximate surface area is 143 Å². The first-order valence-corrected chi connectivity index (χ1v) is 8.26. The first-order valence-electron chi connectivity index (χ1n) is 8.26. The minimum absolute atomic E-state index is 0.147. The number of rotatable bonds is 2. The van der Waals surface area contributed by atoms with E-state index in [0.717, 1.165) is 0 Å². The Kier molecular flexibility index (Phi) is 3.82. The van der Waals surface area contributed by atoms with Crippen LogP contribution in [0, 0.1) is 5.41 Å². The van der Waals surface area contributed by atoms with Crippen molar-refractivity contribution in [2.24, 2.45) is 5.41 Å². The van der Waals surface area contributed by atoms with Crippen molar-refractivity contribution in [1.82, 2.24) is 15.0 Å². The van der Waals surface area contributed by atoms with Gasteiger partial charge in [-0.3, -0.25) is 9.59 Å². The molecule has 0 N–H and O–H groups in total. The topological polar surface area (TPSA) is 79.8 Å². The van der Waals surface area contributed by atoms with Crippen LogP contribution < -0.4 is 0 Å². The van der Waals surface area contributed by atoms with E-state index in [0.29, 0.717) is 19.5 Å². The maximum absolute atomic E-state index is 14.8. The zero-order valence-corrected chi connectivity index (χ0v) is 13.6. The molecular weight excluding hydrogens is 329 g/mol. The summed E-state index contributed by atoms with van der Waals surface area (Å²) in [6.45, 7) is 1.31. The Hall–Kier alpha value is -2.64. The number of carbonyl (C=O) groups excluding carboxylic acids is 2. The molecule has 132 valence electrons. The molecule has 2 amide bonds. The normalized spacial score (nSPS) is 26.4. The molecule has 0 aliphatic carbocycles. The molecule has 2 atom stereocenters. The minimum Gasteiger partial charge on any atom is -0.459 e. The second kappa shape index (κ2) is 6.02. The zero-order valence-electron chi connectivity index (χ0n) is 13.6. The Morgan fingerprint density at radius 3 is 2.60 bits per heavy atom. The molecule has 2 saturated heterocycles. The zero-order chi connectivity index (χ0) is 17.4. The van der Waals surface area contributed by atoms with Crippen molar-refractivity contribution in [2.75, 3.05) is 26.2 Å². The van der Waals surface area contributed by atoms with Gasteiger partial charge in [0.1, 0.15) is 6.17 Å². The van der Waals surface area contributed by atoms with Crippen LogP contribution in [0.1, 0.15) is 34.0 Å². The van der Waals surface area contributed by atoms with Crippen molar-refractivity contribution in [2.45, 2.75) is 19.0 Å². The molecule has 7 nitrogen and oxygen atoms in total. The number of likely N-dealkylation sites (tertiary alicyclic amines) is 2. The van der Waals surface area contributed by atoms with Crippen molar-refractivity contribution in [3.63, 3.8) is 0 Å². The average Bonchev–Trinajstić information content (AvgIpc) is 3.38. The molecule has 1 spiro atoms. The van der Waals surface area contributed by atoms with Crippen LogP contribution in [-0.2, 0) is 0 Å². The molecule has 0 aromatic carbocycles. The Morgan fingerprint density at radius 1 is 1.16 bits per heavy atom. The summed E-state index contributed by atoms with van der Waals surface area (Å²) in [6.07, 6.45) is 2.56. The molecule has 2 fully saturated rings. The van der Waals surface area contributed by atoms with Gasteiger partial charge in [-0.1, -0.05) is 5.16 Å². The summed E-state index contributed by atoms with van der Waals surface area (Å²) in [5.74, 6) is -0.140. The second-order valence-corrected chi connectivity index (χ2v) is 6.68. The van der Waals surface area contributed by atoms with Crippen molar-refractivity contribution in [3.8, 4) is 0 Å². The Balaban J connectivity index is 1.50. The molecule has 4 rings (SSSR count). The summed E-state index contributed by atoms with van der Waals surface area (Å²) < 4.78 is 24.8. The molecule has 2 aromatic heterocycles. The van der Waals surface area contributed by atoms with E-state index in [-0.39, 0.29) is 42.8 Å². The number of halogens is 1. The third-order valence-corrected chi connectivity index (χ3v) is 5.16. The number of nitrogens with zero attached hydrogens (tertiary/aromatic N) is 3. The van der Waals surface area contributed by atoms with Crippen LogP contribution >= 0.6 is 0 Å². The number of piperidine rings is 1. The Morgan fingerprint density at radius 2 is 1.92 bits per heavy atom. The maximum Gasteiger partial charge on any atom is 0.292 e. The van der Waals surface area contributed by atoms with Crippen LogP contribution in [0.3, 0.4) is 0 Å². The van der Waals surface area contributed by atoms with E-state index in [1.165, 1.54) is 18.5 Å². The highest BCUT2D eigenvalue weighted by atomic mass is 19.1. The van der Waals surface area contributed by atoms with E-state index in [2.05, 4.69) is 5.16 Å². The van der Waals surface area contributed by atoms with Crippen molar-refractivity contribution in [1.29, 1.82) is 0 Å². The molecule has 2 aromatic rings. The smallest absolute Gasteiger partial charge is 0.292 e. The van der Waals surface area contributed by atoms with Gasteiger partial charge in [-0.05, 0) is 25.0 Å². The third kappa shape index (κ3) is 2.71. The van der Waals surface area contributed by atoms with Gasteiger partial charge in [0, 0.05) is 37.7 Å². The lowest BCUT2D eigenvalue weighted by Crippen LogP contribution is -2.53. The Bertz CT molecular complexity index is 761. The third-order valence-electron chi connectivity index (χ3n) is 5.16. The maximum atomic E-state index is 14.8. The molecular formula is C17H18FN3O4. The highest BCUT2D eigenvalue weighted by Crippen LogP contribution is 2.41. The summed E-state index contributed by atoms with van der Waals surface area (Å²) in [6, 6.07) is 4.74. The fraction of sp³-hybridized carbons (Fsp3) is 0.471. The van der Waals surface area contributed by atoms with Gasteiger partial charge in [0.2, 0.25) is 5.76 Å². The van der Waals surface area contributed by atoms with Crippen molar-refractivity contribution >= 4 is 11.8 Å². The van der Waals surface area contributed by atoms with Gasteiger partial charge >= 0.3 is 0 Å². The van der Waals surface area contributed by atoms with Crippen LogP contribution in [0.4, 0.5) is 4.39 Å². The number of furan rings is 1. The minimum atomic E-state index is -1.05. The van der Waals surface area contributed by atoms with E-state index < -0.39 is 11.6 Å². The number of hydrogen-bond donors (Lipinski definition) is 0. The lowest BCUT2D eigenvalue weighted by atomic mass is 9.77. The van der Waals surface area contributed by atoms with E-state index in [9.17, 15) is 14.0 Å².